The van der Waals surface area contributed by atoms with Gasteiger partial charge in [0.15, 0.2) is 15.8 Å². The minimum Gasteiger partial charge on any atom is -0.370 e. The Balaban J connectivity index is 2.36. The SMILES string of the molecule is CN(CCN=C(N)N)C1CCS(=O)(=O)C1. The number of rotatable bonds is 4. The zero-order chi connectivity index (χ0) is 11.5. The van der Waals surface area contributed by atoms with Gasteiger partial charge in [-0.05, 0) is 13.5 Å². The predicted octanol–water partition coefficient (Wildman–Crippen LogP) is -1.62. The molecule has 1 atom stereocenters. The highest BCUT2D eigenvalue weighted by Gasteiger charge is 2.30. The summed E-state index contributed by atoms with van der Waals surface area (Å²) in [5, 5.41) is 0. The van der Waals surface area contributed by atoms with E-state index in [1.54, 1.807) is 0 Å². The number of nitrogens with two attached hydrogens (primary N) is 2. The molecule has 1 heterocycles. The lowest BCUT2D eigenvalue weighted by Crippen LogP contribution is -2.35. The van der Waals surface area contributed by atoms with Crippen molar-refractivity contribution >= 4 is 15.8 Å². The van der Waals surface area contributed by atoms with Crippen LogP contribution in [0.4, 0.5) is 0 Å². The number of nitrogens with zero attached hydrogens (tertiary/aromatic N) is 2. The molecule has 4 N–H and O–H groups in total. The number of likely N-dealkylation sites (N-methyl/N-ethyl adjacent to an activating group) is 1. The molecule has 1 saturated heterocycles. The van der Waals surface area contributed by atoms with Gasteiger partial charge in [0.25, 0.3) is 0 Å². The smallest absolute Gasteiger partial charge is 0.185 e. The van der Waals surface area contributed by atoms with Crippen molar-refractivity contribution in [3.8, 4) is 0 Å². The van der Waals surface area contributed by atoms with Crippen LogP contribution in [0.1, 0.15) is 6.42 Å². The van der Waals surface area contributed by atoms with Gasteiger partial charge in [0.05, 0.1) is 18.1 Å². The van der Waals surface area contributed by atoms with Gasteiger partial charge in [-0.25, -0.2) is 8.42 Å². The van der Waals surface area contributed by atoms with E-state index in [1.807, 2.05) is 11.9 Å². The van der Waals surface area contributed by atoms with E-state index in [9.17, 15) is 8.42 Å². The van der Waals surface area contributed by atoms with E-state index in [0.29, 0.717) is 25.3 Å². The molecule has 0 aromatic heterocycles. The van der Waals surface area contributed by atoms with Gasteiger partial charge in [-0.1, -0.05) is 0 Å². The Morgan fingerprint density at radius 2 is 2.20 bits per heavy atom. The molecule has 0 saturated carbocycles. The Morgan fingerprint density at radius 3 is 2.67 bits per heavy atom. The summed E-state index contributed by atoms with van der Waals surface area (Å²) in [7, 11) is -0.912. The summed E-state index contributed by atoms with van der Waals surface area (Å²) in [5.41, 5.74) is 10.4. The molecule has 0 radical (unpaired) electrons. The van der Waals surface area contributed by atoms with Crippen LogP contribution in [0.25, 0.3) is 0 Å². The predicted molar refractivity (Wildman–Crippen MR) is 60.4 cm³/mol. The quantitative estimate of drug-likeness (QED) is 0.449. The van der Waals surface area contributed by atoms with Crippen LogP contribution in [0, 0.1) is 0 Å². The monoisotopic (exact) mass is 234 g/mol. The van der Waals surface area contributed by atoms with E-state index in [-0.39, 0.29) is 17.8 Å². The van der Waals surface area contributed by atoms with Crippen molar-refractivity contribution in [3.05, 3.63) is 0 Å². The van der Waals surface area contributed by atoms with Crippen LogP contribution in [-0.4, -0.2) is 57.0 Å². The first-order chi connectivity index (χ1) is 6.91. The summed E-state index contributed by atoms with van der Waals surface area (Å²) in [6.07, 6.45) is 0.709. The second-order valence-electron chi connectivity index (χ2n) is 3.84. The third kappa shape index (κ3) is 4.05. The van der Waals surface area contributed by atoms with Crippen molar-refractivity contribution in [2.75, 3.05) is 31.6 Å². The Labute approximate surface area is 90.2 Å². The molecular weight excluding hydrogens is 216 g/mol. The molecule has 0 aliphatic carbocycles. The van der Waals surface area contributed by atoms with Gasteiger partial charge in [0.1, 0.15) is 0 Å². The first-order valence-electron chi connectivity index (χ1n) is 4.87. The minimum absolute atomic E-state index is 0.0717. The van der Waals surface area contributed by atoms with Crippen LogP contribution in [0.5, 0.6) is 0 Å². The fourth-order valence-electron chi connectivity index (χ4n) is 1.64. The molecule has 0 aromatic rings. The number of hydrogen-bond donors (Lipinski definition) is 2. The normalized spacial score (nSPS) is 24.3. The fraction of sp³-hybridized carbons (Fsp3) is 0.875. The molecule has 1 aliphatic rings. The summed E-state index contributed by atoms with van der Waals surface area (Å²) >= 11 is 0. The topological polar surface area (TPSA) is 102 Å². The number of guanidine groups is 1. The zero-order valence-electron chi connectivity index (χ0n) is 8.89. The van der Waals surface area contributed by atoms with Gasteiger partial charge in [-0.3, -0.25) is 4.99 Å². The summed E-state index contributed by atoms with van der Waals surface area (Å²) in [6.45, 7) is 1.19. The second-order valence-corrected chi connectivity index (χ2v) is 6.07. The molecule has 0 bridgehead atoms. The Kier molecular flexibility index (Phi) is 3.92. The number of sulfone groups is 1. The minimum atomic E-state index is -2.81. The van der Waals surface area contributed by atoms with Crippen molar-refractivity contribution in [1.29, 1.82) is 0 Å². The lowest BCUT2D eigenvalue weighted by atomic mass is 10.2. The van der Waals surface area contributed by atoms with Gasteiger partial charge in [-0.15, -0.1) is 0 Å². The highest BCUT2D eigenvalue weighted by Crippen LogP contribution is 2.15. The van der Waals surface area contributed by atoms with Gasteiger partial charge < -0.3 is 16.4 Å². The van der Waals surface area contributed by atoms with Crippen LogP contribution in [0.2, 0.25) is 0 Å². The summed E-state index contributed by atoms with van der Waals surface area (Å²) in [4.78, 5) is 5.85. The molecular formula is C8H18N4O2S. The van der Waals surface area contributed by atoms with Crippen molar-refractivity contribution < 1.29 is 8.42 Å². The third-order valence-corrected chi connectivity index (χ3v) is 4.33. The maximum absolute atomic E-state index is 11.2. The molecule has 6 nitrogen and oxygen atoms in total. The molecule has 1 unspecified atom stereocenters. The van der Waals surface area contributed by atoms with E-state index < -0.39 is 9.84 Å². The molecule has 0 spiro atoms. The third-order valence-electron chi connectivity index (χ3n) is 2.58. The molecule has 1 aliphatic heterocycles. The zero-order valence-corrected chi connectivity index (χ0v) is 9.70. The Hall–Kier alpha value is -0.820. The van der Waals surface area contributed by atoms with Gasteiger partial charge in [0, 0.05) is 12.6 Å². The Bertz CT molecular complexity index is 335. The van der Waals surface area contributed by atoms with E-state index >= 15 is 0 Å². The van der Waals surface area contributed by atoms with E-state index in [4.69, 9.17) is 11.5 Å². The van der Waals surface area contributed by atoms with E-state index in [2.05, 4.69) is 4.99 Å². The standard InChI is InChI=1S/C8H18N4O2S/c1-12(4-3-11-8(9)10)7-2-5-15(13,14)6-7/h7H,2-6H2,1H3,(H4,9,10,11). The van der Waals surface area contributed by atoms with Crippen molar-refractivity contribution in [2.24, 2.45) is 16.5 Å². The maximum atomic E-state index is 11.2. The highest BCUT2D eigenvalue weighted by atomic mass is 32.2. The summed E-state index contributed by atoms with van der Waals surface area (Å²) < 4.78 is 22.5. The van der Waals surface area contributed by atoms with E-state index in [1.165, 1.54) is 0 Å². The molecule has 15 heavy (non-hydrogen) atoms. The molecule has 0 amide bonds. The van der Waals surface area contributed by atoms with E-state index in [0.717, 1.165) is 0 Å². The average Bonchev–Trinajstić information content (AvgIpc) is 2.45. The average molecular weight is 234 g/mol. The van der Waals surface area contributed by atoms with Gasteiger partial charge in [0.2, 0.25) is 0 Å². The van der Waals surface area contributed by atoms with Crippen LogP contribution < -0.4 is 11.5 Å². The first-order valence-corrected chi connectivity index (χ1v) is 6.69. The maximum Gasteiger partial charge on any atom is 0.185 e. The lowest BCUT2D eigenvalue weighted by molar-refractivity contribution is 0.269. The van der Waals surface area contributed by atoms with Crippen LogP contribution in [0.3, 0.4) is 0 Å². The summed E-state index contributed by atoms with van der Waals surface area (Å²) in [6, 6.07) is 0.115. The molecule has 0 aromatic carbocycles. The van der Waals surface area contributed by atoms with Gasteiger partial charge in [-0.2, -0.15) is 0 Å². The largest absolute Gasteiger partial charge is 0.370 e. The molecule has 1 rings (SSSR count). The number of aliphatic imine (C=N–C) groups is 1. The van der Waals surface area contributed by atoms with Gasteiger partial charge >= 0.3 is 0 Å². The summed E-state index contributed by atoms with van der Waals surface area (Å²) in [5.74, 6) is 0.623. The fourth-order valence-corrected chi connectivity index (χ4v) is 3.45. The van der Waals surface area contributed by atoms with Crippen molar-refractivity contribution in [2.45, 2.75) is 12.5 Å². The van der Waals surface area contributed by atoms with Crippen LogP contribution >= 0.6 is 0 Å². The molecule has 88 valence electrons. The molecule has 7 heteroatoms. The van der Waals surface area contributed by atoms with Crippen molar-refractivity contribution in [1.82, 2.24) is 4.90 Å². The highest BCUT2D eigenvalue weighted by molar-refractivity contribution is 7.91. The van der Waals surface area contributed by atoms with Crippen molar-refractivity contribution in [3.63, 3.8) is 0 Å². The van der Waals surface area contributed by atoms with Crippen LogP contribution in [-0.2, 0) is 9.84 Å². The first kappa shape index (κ1) is 12.3. The number of hydrogen-bond acceptors (Lipinski definition) is 4. The molecule has 1 fully saturated rings. The van der Waals surface area contributed by atoms with Crippen LogP contribution in [0.15, 0.2) is 4.99 Å². The Morgan fingerprint density at radius 1 is 1.53 bits per heavy atom. The second kappa shape index (κ2) is 4.80. The lowest BCUT2D eigenvalue weighted by Gasteiger charge is -2.21.